The van der Waals surface area contributed by atoms with E-state index in [4.69, 9.17) is 4.42 Å². The molecule has 0 saturated carbocycles. The number of fused-ring (bicyclic) bond motifs is 3. The van der Waals surface area contributed by atoms with Gasteiger partial charge in [0.15, 0.2) is 0 Å². The molecular weight excluding hydrogens is 300 g/mol. The molecule has 0 bridgehead atoms. The smallest absolute Gasteiger partial charge is 0.139 e. The lowest BCUT2D eigenvalue weighted by atomic mass is 10.1. The standard InChI is InChI=1S/C20H18N2O2/c1-13-6-2-4-8-15(13)21-12-22-20-16(23)10-11-18-19(20)14-7-3-5-9-17(14)24-18/h2-11,21-23H,12H2,1H3. The highest BCUT2D eigenvalue weighted by atomic mass is 16.3. The maximum Gasteiger partial charge on any atom is 0.139 e. The van der Waals surface area contributed by atoms with Crippen molar-refractivity contribution in [3.8, 4) is 5.75 Å². The van der Waals surface area contributed by atoms with Crippen molar-refractivity contribution >= 4 is 33.3 Å². The molecule has 0 atom stereocenters. The van der Waals surface area contributed by atoms with E-state index >= 15 is 0 Å². The third kappa shape index (κ3) is 2.42. The van der Waals surface area contributed by atoms with Gasteiger partial charge >= 0.3 is 0 Å². The van der Waals surface area contributed by atoms with Crippen LogP contribution in [0.3, 0.4) is 0 Å². The summed E-state index contributed by atoms with van der Waals surface area (Å²) in [5.74, 6) is 0.209. The highest BCUT2D eigenvalue weighted by Gasteiger charge is 2.14. The van der Waals surface area contributed by atoms with Gasteiger partial charge in [0, 0.05) is 11.1 Å². The zero-order valence-corrected chi connectivity index (χ0v) is 13.3. The van der Waals surface area contributed by atoms with Crippen LogP contribution in [0.4, 0.5) is 11.4 Å². The van der Waals surface area contributed by atoms with E-state index < -0.39 is 0 Å². The molecule has 4 rings (SSSR count). The van der Waals surface area contributed by atoms with Crippen molar-refractivity contribution < 1.29 is 9.52 Å². The van der Waals surface area contributed by atoms with E-state index in [9.17, 15) is 5.11 Å². The van der Waals surface area contributed by atoms with E-state index in [0.717, 1.165) is 27.6 Å². The monoisotopic (exact) mass is 318 g/mol. The molecule has 1 aromatic heterocycles. The second-order valence-corrected chi connectivity index (χ2v) is 5.78. The lowest BCUT2D eigenvalue weighted by molar-refractivity contribution is 0.478. The van der Waals surface area contributed by atoms with Gasteiger partial charge in [-0.3, -0.25) is 0 Å². The maximum absolute atomic E-state index is 10.3. The van der Waals surface area contributed by atoms with Crippen LogP contribution in [0.2, 0.25) is 0 Å². The Balaban J connectivity index is 1.68. The summed E-state index contributed by atoms with van der Waals surface area (Å²) >= 11 is 0. The largest absolute Gasteiger partial charge is 0.506 e. The molecule has 0 aliphatic rings. The molecule has 4 aromatic rings. The lowest BCUT2D eigenvalue weighted by Crippen LogP contribution is -2.12. The van der Waals surface area contributed by atoms with Crippen molar-refractivity contribution in [2.24, 2.45) is 0 Å². The molecule has 4 heteroatoms. The van der Waals surface area contributed by atoms with E-state index in [0.29, 0.717) is 12.4 Å². The number of aryl methyl sites for hydroxylation is 1. The molecule has 0 aliphatic heterocycles. The lowest BCUT2D eigenvalue weighted by Gasteiger charge is -2.13. The van der Waals surface area contributed by atoms with Crippen molar-refractivity contribution in [3.63, 3.8) is 0 Å². The predicted octanol–water partition coefficient (Wildman–Crippen LogP) is 5.08. The van der Waals surface area contributed by atoms with Gasteiger partial charge in [-0.2, -0.15) is 0 Å². The molecule has 120 valence electrons. The number of anilines is 2. The number of para-hydroxylation sites is 2. The molecule has 4 nitrogen and oxygen atoms in total. The molecule has 0 fully saturated rings. The van der Waals surface area contributed by atoms with Gasteiger partial charge in [-0.1, -0.05) is 36.4 Å². The summed E-state index contributed by atoms with van der Waals surface area (Å²) in [6.07, 6.45) is 0. The van der Waals surface area contributed by atoms with Crippen LogP contribution in [0.1, 0.15) is 5.56 Å². The quantitative estimate of drug-likeness (QED) is 0.363. The van der Waals surface area contributed by atoms with Crippen molar-refractivity contribution in [1.82, 2.24) is 0 Å². The minimum Gasteiger partial charge on any atom is -0.506 e. The van der Waals surface area contributed by atoms with Crippen molar-refractivity contribution in [2.45, 2.75) is 6.92 Å². The third-order valence-electron chi connectivity index (χ3n) is 4.21. The minimum atomic E-state index is 0.209. The Morgan fingerprint density at radius 1 is 0.875 bits per heavy atom. The number of aromatic hydroxyl groups is 1. The number of benzene rings is 3. The van der Waals surface area contributed by atoms with E-state index in [-0.39, 0.29) is 5.75 Å². The Kier molecular flexibility index (Phi) is 3.50. The number of nitrogens with one attached hydrogen (secondary N) is 2. The first-order chi connectivity index (χ1) is 11.7. The normalized spacial score (nSPS) is 11.0. The number of phenolic OH excluding ortho intramolecular Hbond substituents is 1. The summed E-state index contributed by atoms with van der Waals surface area (Å²) in [5.41, 5.74) is 4.49. The third-order valence-corrected chi connectivity index (χ3v) is 4.21. The van der Waals surface area contributed by atoms with Crippen LogP contribution < -0.4 is 10.6 Å². The second-order valence-electron chi connectivity index (χ2n) is 5.78. The number of hydrogen-bond acceptors (Lipinski definition) is 4. The molecule has 0 aliphatic carbocycles. The van der Waals surface area contributed by atoms with Crippen molar-refractivity contribution in [2.75, 3.05) is 17.3 Å². The van der Waals surface area contributed by atoms with Crippen LogP contribution in [0, 0.1) is 6.92 Å². The van der Waals surface area contributed by atoms with Crippen LogP contribution in [-0.4, -0.2) is 11.8 Å². The topological polar surface area (TPSA) is 57.4 Å². The van der Waals surface area contributed by atoms with Gasteiger partial charge in [0.25, 0.3) is 0 Å². The Labute approximate surface area is 139 Å². The summed E-state index contributed by atoms with van der Waals surface area (Å²) in [7, 11) is 0. The number of furan rings is 1. The van der Waals surface area contributed by atoms with Crippen LogP contribution >= 0.6 is 0 Å². The maximum atomic E-state index is 10.3. The van der Waals surface area contributed by atoms with Crippen molar-refractivity contribution in [1.29, 1.82) is 0 Å². The first-order valence-electron chi connectivity index (χ1n) is 7.90. The van der Waals surface area contributed by atoms with E-state index in [1.54, 1.807) is 12.1 Å². The highest BCUT2D eigenvalue weighted by molar-refractivity contribution is 6.12. The first kappa shape index (κ1) is 14.5. The van der Waals surface area contributed by atoms with E-state index in [2.05, 4.69) is 23.6 Å². The van der Waals surface area contributed by atoms with Gasteiger partial charge in [-0.15, -0.1) is 0 Å². The number of phenols is 1. The van der Waals surface area contributed by atoms with E-state index in [1.165, 1.54) is 5.56 Å². The predicted molar refractivity (Wildman–Crippen MR) is 98.7 cm³/mol. The van der Waals surface area contributed by atoms with Crippen molar-refractivity contribution in [3.05, 3.63) is 66.2 Å². The number of rotatable bonds is 4. The Morgan fingerprint density at radius 2 is 1.67 bits per heavy atom. The molecule has 0 saturated heterocycles. The summed E-state index contributed by atoms with van der Waals surface area (Å²) in [4.78, 5) is 0. The summed E-state index contributed by atoms with van der Waals surface area (Å²) in [6, 6.07) is 19.4. The van der Waals surface area contributed by atoms with Gasteiger partial charge < -0.3 is 20.2 Å². The van der Waals surface area contributed by atoms with Crippen LogP contribution in [-0.2, 0) is 0 Å². The molecule has 0 unspecified atom stereocenters. The van der Waals surface area contributed by atoms with Gasteiger partial charge in [0.05, 0.1) is 17.7 Å². The second kappa shape index (κ2) is 5.81. The fourth-order valence-electron chi connectivity index (χ4n) is 2.98. The molecular formula is C20H18N2O2. The molecule has 1 heterocycles. The first-order valence-corrected chi connectivity index (χ1v) is 7.90. The fourth-order valence-corrected chi connectivity index (χ4v) is 2.98. The molecule has 0 spiro atoms. The average Bonchev–Trinajstić information content (AvgIpc) is 2.97. The molecule has 3 N–H and O–H groups in total. The van der Waals surface area contributed by atoms with Crippen LogP contribution in [0.25, 0.3) is 21.9 Å². The average molecular weight is 318 g/mol. The molecule has 0 radical (unpaired) electrons. The van der Waals surface area contributed by atoms with Gasteiger partial charge in [-0.25, -0.2) is 0 Å². The molecule has 0 amide bonds. The highest BCUT2D eigenvalue weighted by Crippen LogP contribution is 2.39. The fraction of sp³-hybridized carbons (Fsp3) is 0.100. The Hall–Kier alpha value is -3.14. The van der Waals surface area contributed by atoms with Crippen LogP contribution in [0.15, 0.2) is 65.1 Å². The minimum absolute atomic E-state index is 0.209. The van der Waals surface area contributed by atoms with Crippen LogP contribution in [0.5, 0.6) is 5.75 Å². The SMILES string of the molecule is Cc1ccccc1NCNc1c(O)ccc2oc3ccccc3c12. The van der Waals surface area contributed by atoms with Gasteiger partial charge in [0.2, 0.25) is 0 Å². The summed E-state index contributed by atoms with van der Waals surface area (Å²) < 4.78 is 5.86. The number of hydrogen-bond donors (Lipinski definition) is 3. The zero-order valence-electron chi connectivity index (χ0n) is 13.3. The summed E-state index contributed by atoms with van der Waals surface area (Å²) in [6.45, 7) is 2.56. The Morgan fingerprint density at radius 3 is 2.54 bits per heavy atom. The molecule has 24 heavy (non-hydrogen) atoms. The van der Waals surface area contributed by atoms with Gasteiger partial charge in [0.1, 0.15) is 16.9 Å². The zero-order chi connectivity index (χ0) is 16.5. The molecule has 3 aromatic carbocycles. The van der Waals surface area contributed by atoms with E-state index in [1.807, 2.05) is 42.5 Å². The Bertz CT molecular complexity index is 1020. The van der Waals surface area contributed by atoms with Gasteiger partial charge in [-0.05, 0) is 36.8 Å². The summed E-state index contributed by atoms with van der Waals surface area (Å²) in [5, 5.41) is 18.8.